The summed E-state index contributed by atoms with van der Waals surface area (Å²) in [6.45, 7) is 10.6. The van der Waals surface area contributed by atoms with E-state index in [0.29, 0.717) is 19.5 Å². The van der Waals surface area contributed by atoms with Crippen molar-refractivity contribution in [1.82, 2.24) is 14.9 Å². The highest BCUT2D eigenvalue weighted by atomic mass is 16.2. The fourth-order valence-corrected chi connectivity index (χ4v) is 4.38. The van der Waals surface area contributed by atoms with Crippen molar-refractivity contribution in [2.24, 2.45) is 0 Å². The van der Waals surface area contributed by atoms with E-state index in [4.69, 9.17) is 9.97 Å². The van der Waals surface area contributed by atoms with Gasteiger partial charge in [0.2, 0.25) is 5.91 Å². The molecule has 2 heterocycles. The quantitative estimate of drug-likeness (QED) is 0.594. The summed E-state index contributed by atoms with van der Waals surface area (Å²) in [7, 11) is 0. The van der Waals surface area contributed by atoms with Crippen LogP contribution < -0.4 is 9.80 Å². The van der Waals surface area contributed by atoms with Crippen molar-refractivity contribution < 1.29 is 9.69 Å². The normalized spacial score (nSPS) is 14.6. The van der Waals surface area contributed by atoms with Crippen molar-refractivity contribution in [3.8, 4) is 0 Å². The van der Waals surface area contributed by atoms with E-state index in [1.54, 1.807) is 4.90 Å². The van der Waals surface area contributed by atoms with E-state index in [-0.39, 0.29) is 5.91 Å². The fourth-order valence-electron chi connectivity index (χ4n) is 4.38. The zero-order valence-corrected chi connectivity index (χ0v) is 19.3. The van der Waals surface area contributed by atoms with Crippen LogP contribution in [0.4, 0.5) is 5.82 Å². The van der Waals surface area contributed by atoms with Crippen LogP contribution in [0.5, 0.6) is 0 Å². The van der Waals surface area contributed by atoms with Crippen LogP contribution >= 0.6 is 0 Å². The number of carbonyl (C=O) groups is 1. The number of piperazine rings is 1. The molecule has 0 bridgehead atoms. The average Bonchev–Trinajstić information content (AvgIpc) is 2.86. The summed E-state index contributed by atoms with van der Waals surface area (Å²) in [6, 6.07) is 18.6. The van der Waals surface area contributed by atoms with Crippen LogP contribution in [0.3, 0.4) is 0 Å². The molecule has 1 saturated heterocycles. The first-order valence-electron chi connectivity index (χ1n) is 11.8. The molecule has 1 aliphatic heterocycles. The lowest BCUT2D eigenvalue weighted by Crippen LogP contribution is -3.14. The van der Waals surface area contributed by atoms with Crippen molar-refractivity contribution in [3.63, 3.8) is 0 Å². The molecule has 0 atom stereocenters. The van der Waals surface area contributed by atoms with Gasteiger partial charge in [-0.05, 0) is 24.6 Å². The van der Waals surface area contributed by atoms with Gasteiger partial charge in [0.25, 0.3) is 0 Å². The molecule has 1 fully saturated rings. The summed E-state index contributed by atoms with van der Waals surface area (Å²) in [5, 5.41) is 1.04. The Morgan fingerprint density at radius 1 is 1.00 bits per heavy atom. The van der Waals surface area contributed by atoms with E-state index in [0.717, 1.165) is 61.7 Å². The maximum Gasteiger partial charge on any atom is 0.224 e. The second-order valence-electron chi connectivity index (χ2n) is 8.48. The lowest BCUT2D eigenvalue weighted by molar-refractivity contribution is -0.902. The van der Waals surface area contributed by atoms with Gasteiger partial charge >= 0.3 is 0 Å². The van der Waals surface area contributed by atoms with Gasteiger partial charge < -0.3 is 14.7 Å². The molecule has 0 radical (unpaired) electrons. The van der Waals surface area contributed by atoms with Gasteiger partial charge in [0, 0.05) is 31.3 Å². The Kier molecular flexibility index (Phi) is 7.32. The van der Waals surface area contributed by atoms with E-state index < -0.39 is 0 Å². The predicted octanol–water partition coefficient (Wildman–Crippen LogP) is 2.34. The number of para-hydroxylation sites is 1. The smallest absolute Gasteiger partial charge is 0.224 e. The van der Waals surface area contributed by atoms with Crippen LogP contribution in [0.1, 0.15) is 31.7 Å². The highest BCUT2D eigenvalue weighted by Gasteiger charge is 2.23. The van der Waals surface area contributed by atoms with Crippen LogP contribution in [0.25, 0.3) is 10.9 Å². The first kappa shape index (κ1) is 22.2. The molecule has 6 heteroatoms. The molecule has 0 unspecified atom stereocenters. The molecule has 6 nitrogen and oxygen atoms in total. The molecule has 168 valence electrons. The van der Waals surface area contributed by atoms with Crippen LogP contribution in [-0.4, -0.2) is 60.0 Å². The Balaban J connectivity index is 1.57. The third kappa shape index (κ3) is 5.25. The van der Waals surface area contributed by atoms with Gasteiger partial charge in [-0.2, -0.15) is 0 Å². The highest BCUT2D eigenvalue weighted by molar-refractivity contribution is 5.89. The van der Waals surface area contributed by atoms with Crippen LogP contribution in [-0.2, 0) is 17.8 Å². The van der Waals surface area contributed by atoms with E-state index in [9.17, 15) is 4.79 Å². The minimum Gasteiger partial charge on any atom is -0.351 e. The van der Waals surface area contributed by atoms with Gasteiger partial charge in [0.15, 0.2) is 0 Å². The summed E-state index contributed by atoms with van der Waals surface area (Å²) in [6.07, 6.45) is 1.27. The van der Waals surface area contributed by atoms with Crippen molar-refractivity contribution in [2.45, 2.75) is 33.2 Å². The second kappa shape index (κ2) is 10.6. The summed E-state index contributed by atoms with van der Waals surface area (Å²) < 4.78 is 0. The van der Waals surface area contributed by atoms with Gasteiger partial charge in [-0.15, -0.1) is 0 Å². The number of anilines is 1. The van der Waals surface area contributed by atoms with Crippen LogP contribution in [0, 0.1) is 0 Å². The zero-order chi connectivity index (χ0) is 22.3. The molecule has 0 spiro atoms. The van der Waals surface area contributed by atoms with Gasteiger partial charge in [0.05, 0.1) is 38.2 Å². The van der Waals surface area contributed by atoms with Crippen molar-refractivity contribution >= 4 is 22.6 Å². The van der Waals surface area contributed by atoms with Gasteiger partial charge in [-0.25, -0.2) is 9.97 Å². The number of hydrogen-bond acceptors (Lipinski definition) is 4. The fraction of sp³-hybridized carbons (Fsp3) is 0.423. The SMILES string of the molecule is CCc1nc(N(CCC(=O)N2CC[NH+](CC)CC2)Cc2ccccc2)c2ccccc2n1. The molecular weight excluding hydrogens is 398 g/mol. The monoisotopic (exact) mass is 432 g/mol. The number of fused-ring (bicyclic) bond motifs is 1. The number of quaternary nitrogens is 1. The lowest BCUT2D eigenvalue weighted by Gasteiger charge is -2.32. The Labute approximate surface area is 190 Å². The van der Waals surface area contributed by atoms with Gasteiger partial charge in [-0.1, -0.05) is 49.4 Å². The molecule has 3 aromatic rings. The highest BCUT2D eigenvalue weighted by Crippen LogP contribution is 2.26. The predicted molar refractivity (Wildman–Crippen MR) is 129 cm³/mol. The Bertz CT molecular complexity index is 1030. The van der Waals surface area contributed by atoms with Gasteiger partial charge in [-0.3, -0.25) is 4.79 Å². The summed E-state index contributed by atoms with van der Waals surface area (Å²) in [4.78, 5) is 28.5. The third-order valence-electron chi connectivity index (χ3n) is 6.38. The van der Waals surface area contributed by atoms with Crippen LogP contribution in [0.2, 0.25) is 0 Å². The molecule has 1 aromatic heterocycles. The number of hydrogen-bond donors (Lipinski definition) is 1. The van der Waals surface area contributed by atoms with Crippen molar-refractivity contribution in [1.29, 1.82) is 0 Å². The van der Waals surface area contributed by atoms with E-state index >= 15 is 0 Å². The van der Waals surface area contributed by atoms with Crippen molar-refractivity contribution in [2.75, 3.05) is 44.2 Å². The number of rotatable bonds is 8. The summed E-state index contributed by atoms with van der Waals surface area (Å²) >= 11 is 0. The number of likely N-dealkylation sites (N-methyl/N-ethyl adjacent to an activating group) is 1. The number of carbonyl (C=O) groups excluding carboxylic acids is 1. The topological polar surface area (TPSA) is 53.8 Å². The minimum atomic E-state index is 0.243. The molecule has 0 saturated carbocycles. The molecule has 32 heavy (non-hydrogen) atoms. The molecule has 2 aromatic carbocycles. The van der Waals surface area contributed by atoms with Crippen LogP contribution in [0.15, 0.2) is 54.6 Å². The molecule has 1 aliphatic rings. The van der Waals surface area contributed by atoms with E-state index in [2.05, 4.69) is 49.1 Å². The number of aromatic nitrogens is 2. The van der Waals surface area contributed by atoms with E-state index in [1.807, 2.05) is 29.2 Å². The van der Waals surface area contributed by atoms with Crippen molar-refractivity contribution in [3.05, 3.63) is 66.0 Å². The largest absolute Gasteiger partial charge is 0.351 e. The number of nitrogens with zero attached hydrogens (tertiary/aromatic N) is 4. The number of nitrogens with one attached hydrogen (secondary N) is 1. The Morgan fingerprint density at radius 2 is 1.72 bits per heavy atom. The lowest BCUT2D eigenvalue weighted by atomic mass is 10.1. The number of amides is 1. The van der Waals surface area contributed by atoms with Gasteiger partial charge in [0.1, 0.15) is 11.6 Å². The van der Waals surface area contributed by atoms with E-state index in [1.165, 1.54) is 5.56 Å². The zero-order valence-electron chi connectivity index (χ0n) is 19.3. The summed E-state index contributed by atoms with van der Waals surface area (Å²) in [5.74, 6) is 2.00. The third-order valence-corrected chi connectivity index (χ3v) is 6.38. The minimum absolute atomic E-state index is 0.243. The number of aryl methyl sites for hydroxylation is 1. The Hall–Kier alpha value is -2.99. The molecule has 1 amide bonds. The standard InChI is InChI=1S/C26H33N5O/c1-3-24-27-23-13-9-8-12-22(23)26(28-24)31(20-21-10-6-5-7-11-21)15-14-25(32)30-18-16-29(4-2)17-19-30/h5-13H,3-4,14-20H2,1-2H3/p+1. The maximum atomic E-state index is 13.0. The molecule has 1 N–H and O–H groups in total. The average molecular weight is 433 g/mol. The first-order chi connectivity index (χ1) is 15.7. The maximum absolute atomic E-state index is 13.0. The first-order valence-corrected chi connectivity index (χ1v) is 11.8. The second-order valence-corrected chi connectivity index (χ2v) is 8.48. The number of benzene rings is 2. The Morgan fingerprint density at radius 3 is 2.44 bits per heavy atom. The molecule has 4 rings (SSSR count). The molecule has 0 aliphatic carbocycles. The molecular formula is C26H34N5O+. The summed E-state index contributed by atoms with van der Waals surface area (Å²) in [5.41, 5.74) is 2.17.